The zero-order chi connectivity index (χ0) is 31.0. The second-order valence-corrected chi connectivity index (χ2v) is 10.9. The summed E-state index contributed by atoms with van der Waals surface area (Å²) in [5.41, 5.74) is 0.807. The highest BCUT2D eigenvalue weighted by atomic mass is 19.1. The van der Waals surface area contributed by atoms with Crippen molar-refractivity contribution in [3.63, 3.8) is 0 Å². The van der Waals surface area contributed by atoms with Crippen LogP contribution in [0.1, 0.15) is 45.7 Å². The van der Waals surface area contributed by atoms with E-state index in [1.165, 1.54) is 24.3 Å². The normalized spacial score (nSPS) is 13.5. The first-order valence-corrected chi connectivity index (χ1v) is 13.7. The summed E-state index contributed by atoms with van der Waals surface area (Å²) in [6.07, 6.45) is 1.22. The van der Waals surface area contributed by atoms with Gasteiger partial charge >= 0.3 is 5.97 Å². The van der Waals surface area contributed by atoms with Gasteiger partial charge in [-0.25, -0.2) is 27.9 Å². The fraction of sp³-hybridized carbons (Fsp3) is 0.212. The van der Waals surface area contributed by atoms with E-state index in [2.05, 4.69) is 9.97 Å². The number of aromatic nitrogens is 3. The largest absolute Gasteiger partial charge is 0.478 e. The van der Waals surface area contributed by atoms with Gasteiger partial charge in [0, 0.05) is 35.6 Å². The van der Waals surface area contributed by atoms with Crippen molar-refractivity contribution in [3.8, 4) is 23.2 Å². The maximum absolute atomic E-state index is 15.5. The van der Waals surface area contributed by atoms with E-state index < -0.39 is 35.5 Å². The number of pyridine rings is 1. The third kappa shape index (κ3) is 5.71. The number of carboxylic acid groups (broad SMARTS) is 1. The quantitative estimate of drug-likeness (QED) is 0.173. The summed E-state index contributed by atoms with van der Waals surface area (Å²) in [5, 5.41) is 18.3. The minimum atomic E-state index is -1.31. The summed E-state index contributed by atoms with van der Waals surface area (Å²) < 4.78 is 65.7. The Morgan fingerprint density at radius 1 is 0.977 bits per heavy atom. The Bertz CT molecular complexity index is 1960. The van der Waals surface area contributed by atoms with Crippen LogP contribution in [-0.4, -0.2) is 32.3 Å². The number of ether oxygens (including phenoxy) is 1. The fourth-order valence-corrected chi connectivity index (χ4v) is 5.07. The van der Waals surface area contributed by atoms with Gasteiger partial charge in [0.2, 0.25) is 5.88 Å². The van der Waals surface area contributed by atoms with E-state index in [4.69, 9.17) is 10.00 Å². The van der Waals surface area contributed by atoms with E-state index >= 15 is 4.39 Å². The lowest BCUT2D eigenvalue weighted by molar-refractivity contribution is 0.0696. The number of carboxylic acids is 1. The lowest BCUT2D eigenvalue weighted by atomic mass is 10.0. The lowest BCUT2D eigenvalue weighted by Crippen LogP contribution is -2.16. The van der Waals surface area contributed by atoms with Gasteiger partial charge in [-0.1, -0.05) is 24.3 Å². The van der Waals surface area contributed by atoms with E-state index in [1.807, 2.05) is 6.07 Å². The molecule has 0 radical (unpaired) electrons. The minimum absolute atomic E-state index is 0.0439. The Hall–Kier alpha value is -5.24. The number of imidazole rings is 1. The van der Waals surface area contributed by atoms with Gasteiger partial charge in [-0.05, 0) is 54.8 Å². The second kappa shape index (κ2) is 11.4. The average molecular weight is 601 g/mol. The van der Waals surface area contributed by atoms with Crippen LogP contribution in [0.2, 0.25) is 0 Å². The molecule has 2 aromatic heterocycles. The Morgan fingerprint density at radius 2 is 1.75 bits per heavy atom. The predicted molar refractivity (Wildman–Crippen MR) is 152 cm³/mol. The number of benzene rings is 3. The Balaban J connectivity index is 1.26. The molecule has 6 rings (SSSR count). The van der Waals surface area contributed by atoms with Crippen molar-refractivity contribution < 1.29 is 32.2 Å². The van der Waals surface area contributed by atoms with Gasteiger partial charge in [0.15, 0.2) is 5.82 Å². The SMILES string of the molecule is N#Cc1ccc(COc2cccc(-c3ccc(Cc4nc5c(F)cc(C(=O)O)cc5n4CC4(CF)CC4)c(F)c3)n2)c(F)c1. The van der Waals surface area contributed by atoms with Crippen LogP contribution >= 0.6 is 0 Å². The van der Waals surface area contributed by atoms with Crippen LogP contribution in [0.15, 0.2) is 66.7 Å². The highest BCUT2D eigenvalue weighted by molar-refractivity contribution is 5.92. The molecule has 0 atom stereocenters. The number of carbonyl (C=O) groups is 1. The van der Waals surface area contributed by atoms with Crippen LogP contribution in [0, 0.1) is 34.2 Å². The molecule has 222 valence electrons. The molecule has 0 saturated heterocycles. The molecule has 0 bridgehead atoms. The standard InChI is InChI=1S/C33H24F4N4O3/c34-17-33(8-9-33)18-41-28-13-23(32(42)43)12-26(37)31(28)40-29(41)14-20-6-7-21(11-25(20)36)27-2-1-3-30(39-27)44-16-22-5-4-19(15-38)10-24(22)35/h1-7,10-13H,8-9,14,16-18H2,(H,42,43). The molecule has 44 heavy (non-hydrogen) atoms. The number of nitrogens with zero attached hydrogens (tertiary/aromatic N) is 4. The van der Waals surface area contributed by atoms with Crippen LogP contribution in [0.25, 0.3) is 22.3 Å². The molecule has 3 aromatic carbocycles. The van der Waals surface area contributed by atoms with Crippen molar-refractivity contribution in [1.82, 2.24) is 14.5 Å². The molecule has 1 aliphatic rings. The summed E-state index contributed by atoms with van der Waals surface area (Å²) in [6, 6.07) is 17.5. The lowest BCUT2D eigenvalue weighted by Gasteiger charge is -2.16. The Labute approximate surface area is 249 Å². The van der Waals surface area contributed by atoms with Crippen molar-refractivity contribution in [2.24, 2.45) is 5.41 Å². The summed E-state index contributed by atoms with van der Waals surface area (Å²) in [7, 11) is 0. The molecule has 11 heteroatoms. The van der Waals surface area contributed by atoms with E-state index in [0.717, 1.165) is 12.1 Å². The zero-order valence-corrected chi connectivity index (χ0v) is 23.2. The Morgan fingerprint density at radius 3 is 2.43 bits per heavy atom. The van der Waals surface area contributed by atoms with Crippen molar-refractivity contribution in [2.75, 3.05) is 6.67 Å². The Kier molecular flexibility index (Phi) is 7.51. The number of nitriles is 1. The molecule has 0 aliphatic heterocycles. The molecule has 5 aromatic rings. The first-order chi connectivity index (χ1) is 21.2. The molecule has 0 amide bonds. The predicted octanol–water partition coefficient (Wildman–Crippen LogP) is 7.00. The van der Waals surface area contributed by atoms with Gasteiger partial charge in [0.25, 0.3) is 0 Å². The van der Waals surface area contributed by atoms with E-state index in [9.17, 15) is 23.1 Å². The van der Waals surface area contributed by atoms with Crippen LogP contribution in [0.5, 0.6) is 5.88 Å². The highest BCUT2D eigenvalue weighted by Gasteiger charge is 2.44. The van der Waals surface area contributed by atoms with Crippen molar-refractivity contribution in [1.29, 1.82) is 5.26 Å². The van der Waals surface area contributed by atoms with Crippen molar-refractivity contribution >= 4 is 17.0 Å². The number of hydrogen-bond acceptors (Lipinski definition) is 5. The first kappa shape index (κ1) is 28.9. The molecule has 2 heterocycles. The molecular formula is C33H24F4N4O3. The second-order valence-electron chi connectivity index (χ2n) is 10.9. The third-order valence-electron chi connectivity index (χ3n) is 7.85. The average Bonchev–Trinajstić information content (AvgIpc) is 3.72. The molecule has 7 nitrogen and oxygen atoms in total. The molecule has 0 spiro atoms. The molecule has 1 fully saturated rings. The van der Waals surface area contributed by atoms with Crippen LogP contribution in [-0.2, 0) is 19.6 Å². The van der Waals surface area contributed by atoms with Crippen LogP contribution < -0.4 is 4.74 Å². The highest BCUT2D eigenvalue weighted by Crippen LogP contribution is 2.48. The number of alkyl halides is 1. The topological polar surface area (TPSA) is 101 Å². The van der Waals surface area contributed by atoms with E-state index in [1.54, 1.807) is 34.9 Å². The van der Waals surface area contributed by atoms with Crippen LogP contribution in [0.3, 0.4) is 0 Å². The van der Waals surface area contributed by atoms with E-state index in [-0.39, 0.29) is 64.6 Å². The van der Waals surface area contributed by atoms with E-state index in [0.29, 0.717) is 24.1 Å². The number of fused-ring (bicyclic) bond motifs is 1. The molecule has 1 N–H and O–H groups in total. The van der Waals surface area contributed by atoms with Gasteiger partial charge in [-0.3, -0.25) is 4.39 Å². The third-order valence-corrected chi connectivity index (χ3v) is 7.85. The van der Waals surface area contributed by atoms with Crippen LogP contribution in [0.4, 0.5) is 17.6 Å². The fourth-order valence-electron chi connectivity index (χ4n) is 5.07. The van der Waals surface area contributed by atoms with Gasteiger partial charge < -0.3 is 14.4 Å². The number of rotatable bonds is 10. The van der Waals surface area contributed by atoms with Crippen molar-refractivity contribution in [3.05, 3.63) is 112 Å². The maximum Gasteiger partial charge on any atom is 0.335 e. The molecule has 1 saturated carbocycles. The molecular weight excluding hydrogens is 576 g/mol. The molecule has 0 unspecified atom stereocenters. The maximum atomic E-state index is 15.5. The number of aromatic carboxylic acids is 1. The smallest absolute Gasteiger partial charge is 0.335 e. The number of halogens is 4. The first-order valence-electron chi connectivity index (χ1n) is 13.7. The summed E-state index contributed by atoms with van der Waals surface area (Å²) >= 11 is 0. The van der Waals surface area contributed by atoms with Gasteiger partial charge in [-0.15, -0.1) is 0 Å². The summed E-state index contributed by atoms with van der Waals surface area (Å²) in [6.45, 7) is -0.546. The van der Waals surface area contributed by atoms with Gasteiger partial charge in [-0.2, -0.15) is 5.26 Å². The molecule has 1 aliphatic carbocycles. The van der Waals surface area contributed by atoms with Gasteiger partial charge in [0.1, 0.15) is 29.6 Å². The minimum Gasteiger partial charge on any atom is -0.478 e. The monoisotopic (exact) mass is 600 g/mol. The van der Waals surface area contributed by atoms with Crippen molar-refractivity contribution in [2.45, 2.75) is 32.4 Å². The number of hydrogen-bond donors (Lipinski definition) is 1. The summed E-state index contributed by atoms with van der Waals surface area (Å²) in [4.78, 5) is 20.4. The van der Waals surface area contributed by atoms with Gasteiger partial charge in [0.05, 0.1) is 35.1 Å². The zero-order valence-electron chi connectivity index (χ0n) is 23.2. The summed E-state index contributed by atoms with van der Waals surface area (Å²) in [5.74, 6) is -2.81.